The third kappa shape index (κ3) is 2.91. The van der Waals surface area contributed by atoms with Crippen molar-refractivity contribution >= 4 is 23.3 Å². The molecule has 0 spiro atoms. The van der Waals surface area contributed by atoms with E-state index in [4.69, 9.17) is 0 Å². The maximum absolute atomic E-state index is 12.6. The third-order valence-electron chi connectivity index (χ3n) is 4.38. The van der Waals surface area contributed by atoms with Crippen LogP contribution in [0.3, 0.4) is 0 Å². The number of anilines is 2. The first-order chi connectivity index (χ1) is 11.3. The van der Waals surface area contributed by atoms with Crippen molar-refractivity contribution in [2.45, 2.75) is 27.2 Å². The Morgan fingerprint density at radius 2 is 2.08 bits per heavy atom. The van der Waals surface area contributed by atoms with Crippen LogP contribution >= 0.6 is 0 Å². The minimum Gasteiger partial charge on any atom is -0.318 e. The van der Waals surface area contributed by atoms with Crippen LogP contribution in [0.1, 0.15) is 36.2 Å². The number of hydrogen-bond donors (Lipinski definition) is 1. The predicted octanol–water partition coefficient (Wildman–Crippen LogP) is 2.74. The fourth-order valence-electron chi connectivity index (χ4n) is 2.91. The smallest absolute Gasteiger partial charge is 0.255 e. The lowest BCUT2D eigenvalue weighted by Gasteiger charge is -2.18. The van der Waals surface area contributed by atoms with E-state index in [0.29, 0.717) is 23.6 Å². The summed E-state index contributed by atoms with van der Waals surface area (Å²) in [6.45, 7) is 6.42. The Morgan fingerprint density at radius 3 is 2.71 bits per heavy atom. The molecule has 126 valence electrons. The van der Waals surface area contributed by atoms with Gasteiger partial charge in [0.2, 0.25) is 5.91 Å². The van der Waals surface area contributed by atoms with Gasteiger partial charge >= 0.3 is 0 Å². The molecule has 2 aromatic rings. The minimum atomic E-state index is -0.394. The Morgan fingerprint density at radius 1 is 1.33 bits per heavy atom. The van der Waals surface area contributed by atoms with E-state index in [1.165, 1.54) is 0 Å². The zero-order chi connectivity index (χ0) is 17.5. The quantitative estimate of drug-likeness (QED) is 0.943. The van der Waals surface area contributed by atoms with Gasteiger partial charge in [-0.25, -0.2) is 0 Å². The summed E-state index contributed by atoms with van der Waals surface area (Å²) in [5.41, 5.74) is 1.76. The Labute approximate surface area is 141 Å². The molecule has 0 radical (unpaired) electrons. The van der Waals surface area contributed by atoms with Crippen LogP contribution < -0.4 is 10.2 Å². The molecule has 1 aromatic carbocycles. The monoisotopic (exact) mass is 326 g/mol. The molecule has 1 aliphatic heterocycles. The maximum atomic E-state index is 12.6. The van der Waals surface area contributed by atoms with E-state index in [9.17, 15) is 9.59 Å². The molecule has 1 aliphatic rings. The Kier molecular flexibility index (Phi) is 3.91. The fourth-order valence-corrected chi connectivity index (χ4v) is 2.91. The molecule has 1 aromatic heterocycles. The standard InChI is InChI=1S/C18H22N4O2/c1-12-6-5-7-13(10-12)16(23)19-14-11-21(4)20-15(14)22-9-8-18(2,3)17(22)24/h5-7,10-11H,8-9H2,1-4H3,(H,19,23). The fraction of sp³-hybridized carbons (Fsp3) is 0.389. The van der Waals surface area contributed by atoms with E-state index in [0.717, 1.165) is 12.0 Å². The van der Waals surface area contributed by atoms with Crippen LogP contribution in [-0.4, -0.2) is 28.1 Å². The van der Waals surface area contributed by atoms with E-state index in [-0.39, 0.29) is 11.8 Å². The van der Waals surface area contributed by atoms with Crippen LogP contribution in [0.4, 0.5) is 11.5 Å². The highest BCUT2D eigenvalue weighted by molar-refractivity contribution is 6.08. The van der Waals surface area contributed by atoms with Gasteiger partial charge < -0.3 is 5.32 Å². The normalized spacial score (nSPS) is 16.5. The Balaban J connectivity index is 1.88. The summed E-state index contributed by atoms with van der Waals surface area (Å²) in [5, 5.41) is 7.26. The summed E-state index contributed by atoms with van der Waals surface area (Å²) >= 11 is 0. The summed E-state index contributed by atoms with van der Waals surface area (Å²) in [6, 6.07) is 7.39. The predicted molar refractivity (Wildman–Crippen MR) is 93.1 cm³/mol. The molecule has 1 saturated heterocycles. The number of aromatic nitrogens is 2. The molecule has 0 saturated carbocycles. The molecule has 0 unspecified atom stereocenters. The van der Waals surface area contributed by atoms with Gasteiger partial charge in [0, 0.05) is 24.6 Å². The van der Waals surface area contributed by atoms with E-state index >= 15 is 0 Å². The molecule has 1 N–H and O–H groups in total. The molecule has 0 atom stereocenters. The average molecular weight is 326 g/mol. The second-order valence-corrected chi connectivity index (χ2v) is 6.95. The zero-order valence-electron chi connectivity index (χ0n) is 14.5. The lowest BCUT2D eigenvalue weighted by atomic mass is 9.92. The summed E-state index contributed by atoms with van der Waals surface area (Å²) in [7, 11) is 1.78. The summed E-state index contributed by atoms with van der Waals surface area (Å²) < 4.78 is 1.61. The second-order valence-electron chi connectivity index (χ2n) is 6.95. The highest BCUT2D eigenvalue weighted by Gasteiger charge is 2.41. The largest absolute Gasteiger partial charge is 0.318 e. The van der Waals surface area contributed by atoms with Crippen molar-refractivity contribution in [3.05, 3.63) is 41.6 Å². The van der Waals surface area contributed by atoms with Crippen molar-refractivity contribution in [2.24, 2.45) is 12.5 Å². The number of nitrogens with one attached hydrogen (secondary N) is 1. The zero-order valence-corrected chi connectivity index (χ0v) is 14.5. The van der Waals surface area contributed by atoms with Gasteiger partial charge in [0.05, 0.1) is 6.20 Å². The van der Waals surface area contributed by atoms with Crippen LogP contribution in [0.15, 0.2) is 30.5 Å². The number of aryl methyl sites for hydroxylation is 2. The molecule has 2 amide bonds. The maximum Gasteiger partial charge on any atom is 0.255 e. The first-order valence-electron chi connectivity index (χ1n) is 8.01. The molecule has 3 rings (SSSR count). The van der Waals surface area contributed by atoms with Crippen molar-refractivity contribution < 1.29 is 9.59 Å². The summed E-state index contributed by atoms with van der Waals surface area (Å²) in [5.74, 6) is 0.334. The number of rotatable bonds is 3. The van der Waals surface area contributed by atoms with Crippen molar-refractivity contribution in [1.29, 1.82) is 0 Å². The Hall–Kier alpha value is -2.63. The third-order valence-corrected chi connectivity index (χ3v) is 4.38. The average Bonchev–Trinajstić information content (AvgIpc) is 2.99. The molecule has 0 aliphatic carbocycles. The Bertz CT molecular complexity index is 807. The van der Waals surface area contributed by atoms with Crippen molar-refractivity contribution in [2.75, 3.05) is 16.8 Å². The summed E-state index contributed by atoms with van der Waals surface area (Å²) in [6.07, 6.45) is 2.50. The lowest BCUT2D eigenvalue weighted by molar-refractivity contribution is -0.124. The minimum absolute atomic E-state index is 0.0345. The number of hydrogen-bond acceptors (Lipinski definition) is 3. The molecular formula is C18H22N4O2. The topological polar surface area (TPSA) is 67.2 Å². The molecule has 0 bridgehead atoms. The van der Waals surface area contributed by atoms with Gasteiger partial charge in [-0.05, 0) is 25.5 Å². The van der Waals surface area contributed by atoms with Gasteiger partial charge in [-0.1, -0.05) is 31.5 Å². The van der Waals surface area contributed by atoms with Gasteiger partial charge in [0.15, 0.2) is 5.82 Å². The van der Waals surface area contributed by atoms with Gasteiger partial charge in [-0.3, -0.25) is 19.2 Å². The molecule has 1 fully saturated rings. The van der Waals surface area contributed by atoms with E-state index < -0.39 is 5.41 Å². The van der Waals surface area contributed by atoms with Crippen LogP contribution in [0, 0.1) is 12.3 Å². The molecular weight excluding hydrogens is 304 g/mol. The highest BCUT2D eigenvalue weighted by Crippen LogP contribution is 2.36. The van der Waals surface area contributed by atoms with E-state index in [1.807, 2.05) is 39.0 Å². The van der Waals surface area contributed by atoms with Crippen LogP contribution in [0.25, 0.3) is 0 Å². The van der Waals surface area contributed by atoms with Crippen molar-refractivity contribution in [1.82, 2.24) is 9.78 Å². The lowest BCUT2D eigenvalue weighted by Crippen LogP contribution is -2.32. The van der Waals surface area contributed by atoms with E-state index in [2.05, 4.69) is 10.4 Å². The molecule has 6 heteroatoms. The van der Waals surface area contributed by atoms with Gasteiger partial charge in [-0.15, -0.1) is 0 Å². The highest BCUT2D eigenvalue weighted by atomic mass is 16.2. The molecule has 6 nitrogen and oxygen atoms in total. The first-order valence-corrected chi connectivity index (χ1v) is 8.01. The van der Waals surface area contributed by atoms with E-state index in [1.54, 1.807) is 28.9 Å². The summed E-state index contributed by atoms with van der Waals surface area (Å²) in [4.78, 5) is 26.7. The number of carbonyl (C=O) groups is 2. The number of carbonyl (C=O) groups excluding carboxylic acids is 2. The number of benzene rings is 1. The van der Waals surface area contributed by atoms with Crippen LogP contribution in [0.2, 0.25) is 0 Å². The van der Waals surface area contributed by atoms with Crippen LogP contribution in [-0.2, 0) is 11.8 Å². The molecule has 24 heavy (non-hydrogen) atoms. The van der Waals surface area contributed by atoms with Crippen molar-refractivity contribution in [3.63, 3.8) is 0 Å². The molecule has 2 heterocycles. The van der Waals surface area contributed by atoms with Crippen molar-refractivity contribution in [3.8, 4) is 0 Å². The number of nitrogens with zero attached hydrogens (tertiary/aromatic N) is 3. The van der Waals surface area contributed by atoms with Crippen LogP contribution in [0.5, 0.6) is 0 Å². The van der Waals surface area contributed by atoms with Gasteiger partial charge in [0.25, 0.3) is 5.91 Å². The first kappa shape index (κ1) is 16.2. The number of amides is 2. The SMILES string of the molecule is Cc1cccc(C(=O)Nc2cn(C)nc2N2CCC(C)(C)C2=O)c1. The van der Waals surface area contributed by atoms with Gasteiger partial charge in [0.1, 0.15) is 5.69 Å². The van der Waals surface area contributed by atoms with Gasteiger partial charge in [-0.2, -0.15) is 5.10 Å². The second kappa shape index (κ2) is 5.78.